The summed E-state index contributed by atoms with van der Waals surface area (Å²) in [4.78, 5) is 51.9. The van der Waals surface area contributed by atoms with Crippen LogP contribution in [0.5, 0.6) is 0 Å². The van der Waals surface area contributed by atoms with Gasteiger partial charge in [-0.25, -0.2) is 0 Å². The molecule has 36 heavy (non-hydrogen) atoms. The Kier molecular flexibility index (Phi) is 10.1. The van der Waals surface area contributed by atoms with Gasteiger partial charge < -0.3 is 31.2 Å². The van der Waals surface area contributed by atoms with Crippen LogP contribution in [0.3, 0.4) is 0 Å². The van der Waals surface area contributed by atoms with Crippen LogP contribution in [0.25, 0.3) is 0 Å². The largest absolute Gasteiger partial charge is 0.394 e. The molecule has 1 saturated heterocycles. The van der Waals surface area contributed by atoms with Crippen molar-refractivity contribution in [3.63, 3.8) is 0 Å². The van der Waals surface area contributed by atoms with Gasteiger partial charge in [-0.15, -0.1) is 0 Å². The van der Waals surface area contributed by atoms with Crippen molar-refractivity contribution in [1.29, 1.82) is 0 Å². The van der Waals surface area contributed by atoms with E-state index in [-0.39, 0.29) is 18.7 Å². The van der Waals surface area contributed by atoms with Gasteiger partial charge in [0.25, 0.3) is 0 Å². The van der Waals surface area contributed by atoms with E-state index in [0.717, 1.165) is 23.8 Å². The van der Waals surface area contributed by atoms with E-state index in [2.05, 4.69) is 10.6 Å². The molecular formula is C27H34N4O5. The van der Waals surface area contributed by atoms with Gasteiger partial charge in [-0.3, -0.25) is 14.4 Å². The zero-order valence-electron chi connectivity index (χ0n) is 20.2. The Morgan fingerprint density at radius 1 is 1.00 bits per heavy atom. The van der Waals surface area contributed by atoms with Crippen LogP contribution in [0, 0.1) is 0 Å². The van der Waals surface area contributed by atoms with Crippen molar-refractivity contribution in [3.8, 4) is 0 Å². The molecule has 3 amide bonds. The van der Waals surface area contributed by atoms with Gasteiger partial charge >= 0.3 is 0 Å². The molecule has 0 aromatic heterocycles. The van der Waals surface area contributed by atoms with Crippen molar-refractivity contribution in [2.24, 2.45) is 5.73 Å². The number of likely N-dealkylation sites (tertiary alicyclic amines) is 1. The number of carbonyl (C=O) groups is 4. The molecule has 4 atom stereocenters. The van der Waals surface area contributed by atoms with Crippen molar-refractivity contribution in [1.82, 2.24) is 15.5 Å². The molecule has 1 aliphatic rings. The van der Waals surface area contributed by atoms with Crippen molar-refractivity contribution >= 4 is 24.0 Å². The molecule has 1 aliphatic heterocycles. The molecule has 2 aromatic rings. The molecule has 0 bridgehead atoms. The summed E-state index contributed by atoms with van der Waals surface area (Å²) in [7, 11) is 0. The monoisotopic (exact) mass is 494 g/mol. The molecule has 0 radical (unpaired) electrons. The lowest BCUT2D eigenvalue weighted by atomic mass is 10.0. The number of aliphatic hydroxyl groups excluding tert-OH is 1. The summed E-state index contributed by atoms with van der Waals surface area (Å²) >= 11 is 0. The van der Waals surface area contributed by atoms with Crippen LogP contribution in [-0.4, -0.2) is 71.3 Å². The highest BCUT2D eigenvalue weighted by Crippen LogP contribution is 2.18. The number of nitrogens with zero attached hydrogens (tertiary/aromatic N) is 1. The van der Waals surface area contributed by atoms with Crippen LogP contribution in [0.15, 0.2) is 60.7 Å². The van der Waals surface area contributed by atoms with Gasteiger partial charge in [0, 0.05) is 25.4 Å². The third-order valence-electron chi connectivity index (χ3n) is 6.29. The Labute approximate surface area is 211 Å². The van der Waals surface area contributed by atoms with E-state index in [1.54, 1.807) is 0 Å². The van der Waals surface area contributed by atoms with E-state index in [1.807, 2.05) is 60.7 Å². The number of carbonyl (C=O) groups excluding carboxylic acids is 4. The Morgan fingerprint density at radius 3 is 2.19 bits per heavy atom. The minimum Gasteiger partial charge on any atom is -0.394 e. The number of nitrogens with one attached hydrogen (secondary N) is 2. The first-order valence-corrected chi connectivity index (χ1v) is 12.2. The van der Waals surface area contributed by atoms with Crippen LogP contribution < -0.4 is 16.4 Å². The minimum absolute atomic E-state index is 0.0888. The number of amides is 3. The summed E-state index contributed by atoms with van der Waals surface area (Å²) < 4.78 is 0. The smallest absolute Gasteiger partial charge is 0.246 e. The summed E-state index contributed by atoms with van der Waals surface area (Å²) in [5.74, 6) is -1.27. The topological polar surface area (TPSA) is 142 Å². The SMILES string of the molecule is N[C@@H](CO)C(=O)N[C@H](CC(=O)N[C@@H](Cc1ccccc1)C(=O)N1CCC[C@H]1C=O)Cc1ccccc1. The lowest BCUT2D eigenvalue weighted by molar-refractivity contribution is -0.138. The summed E-state index contributed by atoms with van der Waals surface area (Å²) in [5.41, 5.74) is 7.44. The first kappa shape index (κ1) is 27.0. The second-order valence-corrected chi connectivity index (χ2v) is 9.08. The highest BCUT2D eigenvalue weighted by molar-refractivity contribution is 5.90. The normalized spacial score (nSPS) is 17.6. The predicted molar refractivity (Wildman–Crippen MR) is 135 cm³/mol. The second kappa shape index (κ2) is 13.5. The summed E-state index contributed by atoms with van der Waals surface area (Å²) in [5, 5.41) is 14.8. The second-order valence-electron chi connectivity index (χ2n) is 9.08. The zero-order valence-corrected chi connectivity index (χ0v) is 20.2. The molecular weight excluding hydrogens is 460 g/mol. The molecule has 3 rings (SSSR count). The maximum absolute atomic E-state index is 13.4. The third kappa shape index (κ3) is 7.73. The highest BCUT2D eigenvalue weighted by Gasteiger charge is 2.34. The number of aldehydes is 1. The summed E-state index contributed by atoms with van der Waals surface area (Å²) in [6.45, 7) is -0.0490. The van der Waals surface area contributed by atoms with E-state index in [0.29, 0.717) is 19.4 Å². The van der Waals surface area contributed by atoms with Gasteiger partial charge in [0.05, 0.1) is 12.6 Å². The molecule has 192 valence electrons. The lowest BCUT2D eigenvalue weighted by Crippen LogP contribution is -2.53. The van der Waals surface area contributed by atoms with Crippen molar-refractivity contribution < 1.29 is 24.3 Å². The van der Waals surface area contributed by atoms with Crippen molar-refractivity contribution in [3.05, 3.63) is 71.8 Å². The third-order valence-corrected chi connectivity index (χ3v) is 6.29. The Bertz CT molecular complexity index is 1020. The molecule has 0 spiro atoms. The van der Waals surface area contributed by atoms with Gasteiger partial charge in [-0.05, 0) is 30.4 Å². The lowest BCUT2D eigenvalue weighted by Gasteiger charge is -2.28. The van der Waals surface area contributed by atoms with Crippen LogP contribution >= 0.6 is 0 Å². The molecule has 2 aromatic carbocycles. The number of benzene rings is 2. The highest BCUT2D eigenvalue weighted by atomic mass is 16.3. The van der Waals surface area contributed by atoms with Crippen LogP contribution in [0.2, 0.25) is 0 Å². The van der Waals surface area contributed by atoms with Gasteiger partial charge in [-0.1, -0.05) is 60.7 Å². The number of hydrogen-bond acceptors (Lipinski definition) is 6. The van der Waals surface area contributed by atoms with Crippen LogP contribution in [0.1, 0.15) is 30.4 Å². The minimum atomic E-state index is -1.10. The van der Waals surface area contributed by atoms with E-state index < -0.39 is 42.6 Å². The van der Waals surface area contributed by atoms with E-state index >= 15 is 0 Å². The predicted octanol–water partition coefficient (Wildman–Crippen LogP) is 0.341. The fourth-order valence-corrected chi connectivity index (χ4v) is 4.40. The number of nitrogens with two attached hydrogens (primary N) is 1. The van der Waals surface area contributed by atoms with Gasteiger partial charge in [0.1, 0.15) is 18.4 Å². The van der Waals surface area contributed by atoms with E-state index in [1.165, 1.54) is 4.90 Å². The first-order valence-electron chi connectivity index (χ1n) is 12.2. The number of aliphatic hydroxyl groups is 1. The molecule has 1 heterocycles. The summed E-state index contributed by atoms with van der Waals surface area (Å²) in [6.07, 6.45) is 2.68. The van der Waals surface area contributed by atoms with E-state index in [9.17, 15) is 24.3 Å². The maximum Gasteiger partial charge on any atom is 0.246 e. The maximum atomic E-state index is 13.4. The average molecular weight is 495 g/mol. The summed E-state index contributed by atoms with van der Waals surface area (Å²) in [6, 6.07) is 15.7. The Morgan fingerprint density at radius 2 is 1.61 bits per heavy atom. The fraction of sp³-hybridized carbons (Fsp3) is 0.407. The fourth-order valence-electron chi connectivity index (χ4n) is 4.40. The standard InChI is InChI=1S/C27H34N4O5/c28-23(18-33)26(35)29-21(14-19-8-3-1-4-9-19)16-25(34)30-24(15-20-10-5-2-6-11-20)27(36)31-13-7-12-22(31)17-32/h1-6,8-11,17,21-24,33H,7,12-16,18,28H2,(H,29,35)(H,30,34)/t21-,22-,23-,24-/m0/s1. The molecule has 0 aliphatic carbocycles. The van der Waals surface area contributed by atoms with Gasteiger partial charge in [-0.2, -0.15) is 0 Å². The molecule has 5 N–H and O–H groups in total. The molecule has 9 nitrogen and oxygen atoms in total. The number of hydrogen-bond donors (Lipinski definition) is 4. The first-order chi connectivity index (χ1) is 17.4. The number of rotatable bonds is 12. The van der Waals surface area contributed by atoms with Crippen LogP contribution in [0.4, 0.5) is 0 Å². The van der Waals surface area contributed by atoms with Gasteiger partial charge in [0.2, 0.25) is 17.7 Å². The molecule has 0 saturated carbocycles. The zero-order chi connectivity index (χ0) is 25.9. The van der Waals surface area contributed by atoms with Gasteiger partial charge in [0.15, 0.2) is 0 Å². The Balaban J connectivity index is 1.75. The molecule has 9 heteroatoms. The molecule has 0 unspecified atom stereocenters. The van der Waals surface area contributed by atoms with Crippen LogP contribution in [-0.2, 0) is 32.0 Å². The average Bonchev–Trinajstić information content (AvgIpc) is 3.37. The van der Waals surface area contributed by atoms with E-state index in [4.69, 9.17) is 5.73 Å². The van der Waals surface area contributed by atoms with Crippen molar-refractivity contribution in [2.45, 2.75) is 56.3 Å². The van der Waals surface area contributed by atoms with Crippen molar-refractivity contribution in [2.75, 3.05) is 13.2 Å². The quantitative estimate of drug-likeness (QED) is 0.314. The molecule has 1 fully saturated rings. The Hall–Kier alpha value is -3.56.